The number of aromatic nitrogens is 2. The molecule has 0 aliphatic heterocycles. The smallest absolute Gasteiger partial charge is 0.221 e. The van der Waals surface area contributed by atoms with E-state index < -0.39 is 0 Å². The highest BCUT2D eigenvalue weighted by atomic mass is 16.1. The van der Waals surface area contributed by atoms with Crippen LogP contribution in [0, 0.1) is 6.92 Å². The molecule has 2 N–H and O–H groups in total. The first-order valence-electron chi connectivity index (χ1n) is 7.88. The third kappa shape index (κ3) is 2.15. The summed E-state index contributed by atoms with van der Waals surface area (Å²) in [5, 5.41) is 2.14. The summed E-state index contributed by atoms with van der Waals surface area (Å²) in [6.07, 6.45) is 2.06. The average molecular weight is 315 g/mol. The van der Waals surface area contributed by atoms with E-state index in [-0.39, 0.29) is 12.3 Å². The molecule has 24 heavy (non-hydrogen) atoms. The molecule has 2 aromatic carbocycles. The number of amides is 1. The van der Waals surface area contributed by atoms with Gasteiger partial charge in [-0.25, -0.2) is 0 Å². The second-order valence-electron chi connectivity index (χ2n) is 5.91. The van der Waals surface area contributed by atoms with E-state index >= 15 is 0 Å². The van der Waals surface area contributed by atoms with Gasteiger partial charge in [0, 0.05) is 22.7 Å². The zero-order valence-electron chi connectivity index (χ0n) is 13.4. The molecule has 0 saturated heterocycles. The minimum absolute atomic E-state index is 0.238. The van der Waals surface area contributed by atoms with Crippen molar-refractivity contribution in [2.45, 2.75) is 13.3 Å². The summed E-state index contributed by atoms with van der Waals surface area (Å²) in [4.78, 5) is 16.0. The predicted molar refractivity (Wildman–Crippen MR) is 96.2 cm³/mol. The molecule has 118 valence electrons. The molecule has 4 nitrogen and oxygen atoms in total. The van der Waals surface area contributed by atoms with Crippen LogP contribution < -0.4 is 5.73 Å². The van der Waals surface area contributed by atoms with Crippen LogP contribution in [0.15, 0.2) is 60.8 Å². The Labute approximate surface area is 139 Å². The highest BCUT2D eigenvalue weighted by Gasteiger charge is 2.17. The summed E-state index contributed by atoms with van der Waals surface area (Å²) in [6, 6.07) is 18.2. The summed E-state index contributed by atoms with van der Waals surface area (Å²) < 4.78 is 2.19. The van der Waals surface area contributed by atoms with Crippen LogP contribution in [-0.2, 0) is 11.2 Å². The first-order valence-corrected chi connectivity index (χ1v) is 7.88. The molecule has 0 aliphatic carbocycles. The van der Waals surface area contributed by atoms with Crippen molar-refractivity contribution in [2.24, 2.45) is 5.73 Å². The number of rotatable bonds is 3. The molecule has 0 fully saturated rings. The molecule has 2 aromatic heterocycles. The Balaban J connectivity index is 2.10. The number of pyridine rings is 1. The van der Waals surface area contributed by atoms with Crippen molar-refractivity contribution in [3.05, 3.63) is 72.1 Å². The highest BCUT2D eigenvalue weighted by molar-refractivity contribution is 5.95. The number of carbonyl (C=O) groups is 1. The topological polar surface area (TPSA) is 60.9 Å². The SMILES string of the molecule is Cc1c(CC(N)=O)c2ccccc2n1-c1ccnc2ccccc12. The summed E-state index contributed by atoms with van der Waals surface area (Å²) in [6.45, 7) is 2.04. The van der Waals surface area contributed by atoms with E-state index in [1.807, 2.05) is 55.6 Å². The zero-order chi connectivity index (χ0) is 16.7. The maximum Gasteiger partial charge on any atom is 0.221 e. The molecule has 1 amide bonds. The molecular weight excluding hydrogens is 298 g/mol. The van der Waals surface area contributed by atoms with E-state index in [4.69, 9.17) is 5.73 Å². The fourth-order valence-corrected chi connectivity index (χ4v) is 3.42. The molecular formula is C20H17N3O. The van der Waals surface area contributed by atoms with Crippen molar-refractivity contribution >= 4 is 27.7 Å². The van der Waals surface area contributed by atoms with Crippen LogP contribution in [0.25, 0.3) is 27.5 Å². The van der Waals surface area contributed by atoms with Crippen LogP contribution in [0.5, 0.6) is 0 Å². The van der Waals surface area contributed by atoms with Crippen molar-refractivity contribution in [3.63, 3.8) is 0 Å². The third-order valence-corrected chi connectivity index (χ3v) is 4.46. The van der Waals surface area contributed by atoms with E-state index in [0.29, 0.717) is 0 Å². The van der Waals surface area contributed by atoms with E-state index in [2.05, 4.69) is 21.7 Å². The minimum atomic E-state index is -0.319. The number of carbonyl (C=O) groups excluding carboxylic acids is 1. The van der Waals surface area contributed by atoms with Crippen LogP contribution in [0.4, 0.5) is 0 Å². The molecule has 0 radical (unpaired) electrons. The van der Waals surface area contributed by atoms with Gasteiger partial charge in [0.2, 0.25) is 5.91 Å². The minimum Gasteiger partial charge on any atom is -0.369 e. The van der Waals surface area contributed by atoms with E-state index in [1.165, 1.54) is 0 Å². The molecule has 4 rings (SSSR count). The normalized spacial score (nSPS) is 11.2. The van der Waals surface area contributed by atoms with Crippen LogP contribution in [-0.4, -0.2) is 15.5 Å². The largest absolute Gasteiger partial charge is 0.369 e. The van der Waals surface area contributed by atoms with Crippen molar-refractivity contribution in [1.29, 1.82) is 0 Å². The lowest BCUT2D eigenvalue weighted by atomic mass is 10.1. The lowest BCUT2D eigenvalue weighted by Crippen LogP contribution is -2.14. The number of nitrogens with zero attached hydrogens (tertiary/aromatic N) is 2. The highest BCUT2D eigenvalue weighted by Crippen LogP contribution is 2.32. The molecule has 4 aromatic rings. The lowest BCUT2D eigenvalue weighted by molar-refractivity contribution is -0.117. The fourth-order valence-electron chi connectivity index (χ4n) is 3.42. The first kappa shape index (κ1) is 14.5. The predicted octanol–water partition coefficient (Wildman–Crippen LogP) is 3.51. The standard InChI is InChI=1S/C20H17N3O/c1-13-16(12-20(21)24)14-6-3-5-9-18(14)23(13)19-10-11-22-17-8-4-2-7-15(17)19/h2-11H,12H2,1H3,(H2,21,24). The number of hydrogen-bond acceptors (Lipinski definition) is 2. The Kier molecular flexibility index (Phi) is 3.31. The average Bonchev–Trinajstić information content (AvgIpc) is 2.86. The van der Waals surface area contributed by atoms with Crippen LogP contribution in [0.2, 0.25) is 0 Å². The van der Waals surface area contributed by atoms with Gasteiger partial charge >= 0.3 is 0 Å². The molecule has 0 aliphatic rings. The second kappa shape index (κ2) is 5.49. The third-order valence-electron chi connectivity index (χ3n) is 4.46. The quantitative estimate of drug-likeness (QED) is 0.629. The summed E-state index contributed by atoms with van der Waals surface area (Å²) in [7, 11) is 0. The van der Waals surface area contributed by atoms with Crippen molar-refractivity contribution in [1.82, 2.24) is 9.55 Å². The fraction of sp³-hybridized carbons (Fsp3) is 0.100. The Bertz CT molecular complexity index is 1070. The van der Waals surface area contributed by atoms with E-state index in [9.17, 15) is 4.79 Å². The van der Waals surface area contributed by atoms with Crippen LogP contribution in [0.1, 0.15) is 11.3 Å². The number of nitrogens with two attached hydrogens (primary N) is 1. The van der Waals surface area contributed by atoms with Gasteiger partial charge < -0.3 is 10.3 Å². The number of fused-ring (bicyclic) bond motifs is 2. The summed E-state index contributed by atoms with van der Waals surface area (Å²) in [5.74, 6) is -0.319. The molecule has 0 saturated carbocycles. The summed E-state index contributed by atoms with van der Waals surface area (Å²) >= 11 is 0. The number of hydrogen-bond donors (Lipinski definition) is 1. The number of para-hydroxylation sites is 2. The lowest BCUT2D eigenvalue weighted by Gasteiger charge is -2.12. The second-order valence-corrected chi connectivity index (χ2v) is 5.91. The number of primary amides is 1. The Morgan fingerprint density at radius 2 is 1.75 bits per heavy atom. The van der Waals surface area contributed by atoms with Gasteiger partial charge in [0.1, 0.15) is 0 Å². The van der Waals surface area contributed by atoms with Crippen molar-refractivity contribution in [3.8, 4) is 5.69 Å². The van der Waals surface area contributed by atoms with Gasteiger partial charge in [0.25, 0.3) is 0 Å². The van der Waals surface area contributed by atoms with Gasteiger partial charge in [-0.1, -0.05) is 36.4 Å². The maximum atomic E-state index is 11.5. The number of benzene rings is 2. The maximum absolute atomic E-state index is 11.5. The Hall–Kier alpha value is -3.14. The van der Waals surface area contributed by atoms with E-state index in [1.54, 1.807) is 0 Å². The van der Waals surface area contributed by atoms with Crippen molar-refractivity contribution < 1.29 is 4.79 Å². The monoisotopic (exact) mass is 315 g/mol. The zero-order valence-corrected chi connectivity index (χ0v) is 13.4. The molecule has 2 heterocycles. The van der Waals surface area contributed by atoms with Crippen molar-refractivity contribution in [2.75, 3.05) is 0 Å². The summed E-state index contributed by atoms with van der Waals surface area (Å²) in [5.41, 5.74) is 10.6. The molecule has 0 spiro atoms. The van der Waals surface area contributed by atoms with Gasteiger partial charge in [-0.15, -0.1) is 0 Å². The van der Waals surface area contributed by atoms with Gasteiger partial charge in [0.15, 0.2) is 0 Å². The molecule has 4 heteroatoms. The van der Waals surface area contributed by atoms with Gasteiger partial charge in [-0.2, -0.15) is 0 Å². The van der Waals surface area contributed by atoms with Gasteiger partial charge in [-0.3, -0.25) is 9.78 Å². The first-order chi connectivity index (χ1) is 11.7. The molecule has 0 atom stereocenters. The van der Waals surface area contributed by atoms with Crippen LogP contribution >= 0.6 is 0 Å². The molecule has 0 unspecified atom stereocenters. The van der Waals surface area contributed by atoms with Gasteiger partial charge in [0.05, 0.1) is 23.1 Å². The Morgan fingerprint density at radius 1 is 1.04 bits per heavy atom. The van der Waals surface area contributed by atoms with Crippen LogP contribution in [0.3, 0.4) is 0 Å². The molecule has 0 bridgehead atoms. The Morgan fingerprint density at radius 3 is 2.54 bits per heavy atom. The van der Waals surface area contributed by atoms with Gasteiger partial charge in [-0.05, 0) is 30.7 Å². The van der Waals surface area contributed by atoms with E-state index in [0.717, 1.165) is 38.8 Å².